The summed E-state index contributed by atoms with van der Waals surface area (Å²) >= 11 is 10.7. The quantitative estimate of drug-likeness (QED) is 0.228. The van der Waals surface area contributed by atoms with E-state index < -0.39 is 0 Å². The highest BCUT2D eigenvalue weighted by Gasteiger charge is 2.31. The number of thiophene rings is 1. The highest BCUT2D eigenvalue weighted by atomic mass is 35.5. The Morgan fingerprint density at radius 1 is 1.29 bits per heavy atom. The maximum absolute atomic E-state index is 12.6. The molecule has 0 saturated carbocycles. The summed E-state index contributed by atoms with van der Waals surface area (Å²) in [5.41, 5.74) is 2.49. The number of halogens is 1. The van der Waals surface area contributed by atoms with Gasteiger partial charge in [0, 0.05) is 27.8 Å². The van der Waals surface area contributed by atoms with Gasteiger partial charge in [-0.3, -0.25) is 4.79 Å². The van der Waals surface area contributed by atoms with E-state index in [4.69, 9.17) is 21.3 Å². The van der Waals surface area contributed by atoms with E-state index in [1.54, 1.807) is 41.3 Å². The molecule has 0 saturated heterocycles. The van der Waals surface area contributed by atoms with E-state index in [1.165, 1.54) is 22.2 Å². The number of benzene rings is 1. The third-order valence-electron chi connectivity index (χ3n) is 5.39. The molecule has 4 aromatic rings. The van der Waals surface area contributed by atoms with Crippen LogP contribution in [0.5, 0.6) is 0 Å². The van der Waals surface area contributed by atoms with Crippen molar-refractivity contribution in [1.82, 2.24) is 19.6 Å². The first kappa shape index (κ1) is 23.9. The summed E-state index contributed by atoms with van der Waals surface area (Å²) in [6.45, 7) is 6.96. The molecule has 1 aliphatic rings. The predicted molar refractivity (Wildman–Crippen MR) is 141 cm³/mol. The molecule has 178 valence electrons. The molecule has 11 heteroatoms. The number of nitrogens with one attached hydrogen (secondary N) is 1. The van der Waals surface area contributed by atoms with Gasteiger partial charge in [0.05, 0.1) is 23.3 Å². The molecule has 1 aromatic carbocycles. The summed E-state index contributed by atoms with van der Waals surface area (Å²) in [5, 5.41) is 15.1. The number of hydrogen-bond donors (Lipinski definition) is 1. The van der Waals surface area contributed by atoms with Gasteiger partial charge in [0.2, 0.25) is 5.91 Å². The fourth-order valence-corrected chi connectivity index (χ4v) is 6.85. The second kappa shape index (κ2) is 9.66. The zero-order valence-corrected chi connectivity index (χ0v) is 22.3. The van der Waals surface area contributed by atoms with Crippen LogP contribution in [-0.4, -0.2) is 42.6 Å². The summed E-state index contributed by atoms with van der Waals surface area (Å²) in [4.78, 5) is 19.8. The van der Waals surface area contributed by atoms with Crippen LogP contribution in [0.15, 0.2) is 34.6 Å². The normalized spacial score (nSPS) is 15.1. The zero-order chi connectivity index (χ0) is 23.9. The molecule has 7 nitrogen and oxygen atoms in total. The van der Waals surface area contributed by atoms with Gasteiger partial charge in [-0.25, -0.2) is 9.38 Å². The van der Waals surface area contributed by atoms with Crippen LogP contribution >= 0.6 is 46.5 Å². The van der Waals surface area contributed by atoms with Crippen molar-refractivity contribution in [2.24, 2.45) is 0 Å². The minimum absolute atomic E-state index is 0.132. The largest absolute Gasteiger partial charge is 0.370 e. The smallest absolute Gasteiger partial charge is 0.234 e. The SMILES string of the molecule is CCCSc1nc2sc3c(c2c2nnc(SCC(=O)Nc4cccc(Cl)c4)n12)CC(C)(C)OC3. The van der Waals surface area contributed by atoms with Crippen molar-refractivity contribution < 1.29 is 9.53 Å². The van der Waals surface area contributed by atoms with E-state index in [2.05, 4.69) is 36.3 Å². The second-order valence-electron chi connectivity index (χ2n) is 8.64. The third-order valence-corrected chi connectivity index (χ3v) is 8.80. The number of ether oxygens (including phenoxy) is 1. The van der Waals surface area contributed by atoms with E-state index in [-0.39, 0.29) is 17.3 Å². The molecule has 0 fully saturated rings. The molecule has 1 amide bonds. The lowest BCUT2D eigenvalue weighted by molar-refractivity contribution is -0.113. The number of rotatable bonds is 7. The third kappa shape index (κ3) is 4.79. The summed E-state index contributed by atoms with van der Waals surface area (Å²) < 4.78 is 8.04. The van der Waals surface area contributed by atoms with Crippen molar-refractivity contribution in [2.75, 3.05) is 16.8 Å². The highest BCUT2D eigenvalue weighted by molar-refractivity contribution is 8.00. The van der Waals surface area contributed by atoms with Crippen LogP contribution < -0.4 is 5.32 Å². The van der Waals surface area contributed by atoms with Gasteiger partial charge in [0.1, 0.15) is 4.83 Å². The standard InChI is InChI=1S/C23H24ClN5O2S3/c1-4-8-32-21-26-20-18(15-10-23(2,3)31-11-16(15)34-20)19-27-28-22(29(19)21)33-12-17(30)25-14-7-5-6-13(24)9-14/h5-7,9H,4,8,10-12H2,1-3H3,(H,25,30). The minimum atomic E-state index is -0.232. The highest BCUT2D eigenvalue weighted by Crippen LogP contribution is 2.41. The molecule has 0 aliphatic carbocycles. The average Bonchev–Trinajstić information content (AvgIpc) is 3.36. The summed E-state index contributed by atoms with van der Waals surface area (Å²) in [7, 11) is 0. The average molecular weight is 534 g/mol. The summed E-state index contributed by atoms with van der Waals surface area (Å²) in [6.07, 6.45) is 1.83. The molecular weight excluding hydrogens is 510 g/mol. The molecule has 0 atom stereocenters. The molecule has 0 bridgehead atoms. The van der Waals surface area contributed by atoms with Crippen molar-refractivity contribution in [2.45, 2.75) is 56.1 Å². The van der Waals surface area contributed by atoms with Crippen LogP contribution in [0, 0.1) is 0 Å². The number of anilines is 1. The molecule has 1 N–H and O–H groups in total. The molecule has 4 heterocycles. The molecule has 0 radical (unpaired) electrons. The van der Waals surface area contributed by atoms with Crippen molar-refractivity contribution in [3.05, 3.63) is 39.7 Å². The number of carbonyl (C=O) groups is 1. The predicted octanol–water partition coefficient (Wildman–Crippen LogP) is 6.08. The maximum atomic E-state index is 12.6. The Balaban J connectivity index is 1.49. The van der Waals surface area contributed by atoms with Gasteiger partial charge < -0.3 is 10.1 Å². The number of thioether (sulfide) groups is 2. The van der Waals surface area contributed by atoms with Crippen LogP contribution in [0.1, 0.15) is 37.6 Å². The Hall–Kier alpha value is -1.85. The van der Waals surface area contributed by atoms with Crippen molar-refractivity contribution in [3.63, 3.8) is 0 Å². The summed E-state index contributed by atoms with van der Waals surface area (Å²) in [6, 6.07) is 7.11. The number of hydrogen-bond acceptors (Lipinski definition) is 8. The first-order valence-electron chi connectivity index (χ1n) is 11.0. The molecule has 0 unspecified atom stereocenters. The number of nitrogens with zero attached hydrogens (tertiary/aromatic N) is 4. The van der Waals surface area contributed by atoms with Crippen LogP contribution in [-0.2, 0) is 22.6 Å². The fourth-order valence-electron chi connectivity index (χ4n) is 3.87. The van der Waals surface area contributed by atoms with Gasteiger partial charge in [-0.05, 0) is 44.0 Å². The Morgan fingerprint density at radius 2 is 2.15 bits per heavy atom. The van der Waals surface area contributed by atoms with Crippen LogP contribution in [0.4, 0.5) is 5.69 Å². The number of aromatic nitrogens is 4. The van der Waals surface area contributed by atoms with E-state index >= 15 is 0 Å². The second-order valence-corrected chi connectivity index (χ2v) is 12.2. The molecule has 1 aliphatic heterocycles. The lowest BCUT2D eigenvalue weighted by atomic mass is 9.94. The van der Waals surface area contributed by atoms with Gasteiger partial charge in [0.15, 0.2) is 16.0 Å². The molecule has 0 spiro atoms. The fraction of sp³-hybridized carbons (Fsp3) is 0.391. The Labute approximate surface area is 215 Å². The number of amides is 1. The minimum Gasteiger partial charge on any atom is -0.370 e. The topological polar surface area (TPSA) is 81.4 Å². The molecule has 34 heavy (non-hydrogen) atoms. The first-order chi connectivity index (χ1) is 16.3. The Morgan fingerprint density at radius 3 is 2.94 bits per heavy atom. The van der Waals surface area contributed by atoms with Gasteiger partial charge in [-0.15, -0.1) is 21.5 Å². The van der Waals surface area contributed by atoms with Crippen LogP contribution in [0.25, 0.3) is 15.9 Å². The number of carbonyl (C=O) groups excluding carboxylic acids is 1. The van der Waals surface area contributed by atoms with Crippen LogP contribution in [0.2, 0.25) is 5.02 Å². The summed E-state index contributed by atoms with van der Waals surface area (Å²) in [5.74, 6) is 1.01. The zero-order valence-electron chi connectivity index (χ0n) is 19.1. The Bertz CT molecular complexity index is 1380. The Kier molecular flexibility index (Phi) is 6.78. The van der Waals surface area contributed by atoms with Gasteiger partial charge >= 0.3 is 0 Å². The van der Waals surface area contributed by atoms with Crippen molar-refractivity contribution in [3.8, 4) is 0 Å². The lowest BCUT2D eigenvalue weighted by Gasteiger charge is -2.30. The van der Waals surface area contributed by atoms with Gasteiger partial charge in [0.25, 0.3) is 0 Å². The van der Waals surface area contributed by atoms with E-state index in [0.717, 1.165) is 39.6 Å². The molecule has 5 rings (SSSR count). The van der Waals surface area contributed by atoms with E-state index in [1.807, 2.05) is 10.5 Å². The van der Waals surface area contributed by atoms with Gasteiger partial charge in [-0.2, -0.15) is 0 Å². The van der Waals surface area contributed by atoms with Crippen LogP contribution in [0.3, 0.4) is 0 Å². The number of fused-ring (bicyclic) bond motifs is 5. The van der Waals surface area contributed by atoms with Crippen molar-refractivity contribution >= 4 is 73.9 Å². The van der Waals surface area contributed by atoms with Crippen molar-refractivity contribution in [1.29, 1.82) is 0 Å². The maximum Gasteiger partial charge on any atom is 0.234 e. The van der Waals surface area contributed by atoms with E-state index in [9.17, 15) is 4.79 Å². The lowest BCUT2D eigenvalue weighted by Crippen LogP contribution is -2.31. The molecular formula is C23H24ClN5O2S3. The van der Waals surface area contributed by atoms with E-state index in [0.29, 0.717) is 22.5 Å². The first-order valence-corrected chi connectivity index (χ1v) is 14.2. The molecule has 3 aromatic heterocycles. The monoisotopic (exact) mass is 533 g/mol. The van der Waals surface area contributed by atoms with Gasteiger partial charge in [-0.1, -0.05) is 48.1 Å².